The van der Waals surface area contributed by atoms with E-state index in [2.05, 4.69) is 15.9 Å². The van der Waals surface area contributed by atoms with Crippen LogP contribution in [0.2, 0.25) is 0 Å². The molecule has 0 aliphatic rings. The Morgan fingerprint density at radius 3 is 2.56 bits per heavy atom. The summed E-state index contributed by atoms with van der Waals surface area (Å²) in [6.45, 7) is 1.89. The third-order valence-corrected chi connectivity index (χ3v) is 3.14. The molecule has 0 amide bonds. The van der Waals surface area contributed by atoms with Gasteiger partial charge in [0.25, 0.3) is 0 Å². The van der Waals surface area contributed by atoms with E-state index in [-0.39, 0.29) is 11.9 Å². The van der Waals surface area contributed by atoms with Crippen molar-refractivity contribution in [3.63, 3.8) is 0 Å². The molecular weight excluding hydrogens is 297 g/mol. The highest BCUT2D eigenvalue weighted by atomic mass is 79.9. The number of hydrogen-bond acceptors (Lipinski definition) is 2. The summed E-state index contributed by atoms with van der Waals surface area (Å²) in [5.74, 6) is 0.930. The first kappa shape index (κ1) is 13.1. The molecule has 4 heteroatoms. The number of halogens is 2. The maximum Gasteiger partial charge on any atom is 0.141 e. The van der Waals surface area contributed by atoms with Gasteiger partial charge in [-0.2, -0.15) is 0 Å². The van der Waals surface area contributed by atoms with Gasteiger partial charge in [0.05, 0.1) is 4.47 Å². The van der Waals surface area contributed by atoms with E-state index in [0.29, 0.717) is 16.0 Å². The lowest BCUT2D eigenvalue weighted by Crippen LogP contribution is -2.06. The first-order valence-corrected chi connectivity index (χ1v) is 6.34. The van der Waals surface area contributed by atoms with Crippen LogP contribution in [0.5, 0.6) is 11.5 Å². The van der Waals surface area contributed by atoms with Crippen LogP contribution in [0.4, 0.5) is 4.39 Å². The fourth-order valence-corrected chi connectivity index (χ4v) is 2.06. The first-order chi connectivity index (χ1) is 8.58. The lowest BCUT2D eigenvalue weighted by molar-refractivity contribution is 0.467. The highest BCUT2D eigenvalue weighted by Crippen LogP contribution is 2.33. The number of hydrogen-bond donors (Lipinski definition) is 1. The Morgan fingerprint density at radius 1 is 1.17 bits per heavy atom. The molecule has 0 spiro atoms. The van der Waals surface area contributed by atoms with Crippen LogP contribution in [-0.2, 0) is 0 Å². The van der Waals surface area contributed by atoms with E-state index in [4.69, 9.17) is 10.5 Å². The van der Waals surface area contributed by atoms with Crippen LogP contribution in [0, 0.1) is 5.82 Å². The Hall–Kier alpha value is -1.39. The van der Waals surface area contributed by atoms with Crippen molar-refractivity contribution in [2.75, 3.05) is 0 Å². The minimum atomic E-state index is -0.310. The Kier molecular flexibility index (Phi) is 3.99. The van der Waals surface area contributed by atoms with Crippen LogP contribution in [0.1, 0.15) is 18.5 Å². The van der Waals surface area contributed by atoms with Crippen molar-refractivity contribution in [2.24, 2.45) is 5.73 Å². The fraction of sp³-hybridized carbons (Fsp3) is 0.143. The predicted octanol–water partition coefficient (Wildman–Crippen LogP) is 4.40. The average Bonchev–Trinajstić information content (AvgIpc) is 2.33. The van der Waals surface area contributed by atoms with Gasteiger partial charge in [-0.05, 0) is 47.1 Å². The molecule has 2 N–H and O–H groups in total. The lowest BCUT2D eigenvalue weighted by atomic mass is 10.1. The van der Waals surface area contributed by atoms with E-state index in [1.165, 1.54) is 12.1 Å². The van der Waals surface area contributed by atoms with Crippen LogP contribution >= 0.6 is 15.9 Å². The Labute approximate surface area is 114 Å². The average molecular weight is 310 g/mol. The molecule has 0 aliphatic carbocycles. The molecule has 0 radical (unpaired) electrons. The molecule has 1 atom stereocenters. The van der Waals surface area contributed by atoms with Gasteiger partial charge in [0.15, 0.2) is 0 Å². The van der Waals surface area contributed by atoms with Crippen molar-refractivity contribution in [1.82, 2.24) is 0 Å². The standard InChI is InChI=1S/C14H13BrFNO/c1-9(17)11-4-2-3-5-13(11)18-14-7-6-10(16)8-12(14)15/h2-9H,17H2,1H3/t9-/m0/s1. The maximum absolute atomic E-state index is 13.0. The number of benzene rings is 2. The van der Waals surface area contributed by atoms with Crippen LogP contribution in [0.25, 0.3) is 0 Å². The third kappa shape index (κ3) is 2.89. The summed E-state index contributed by atoms with van der Waals surface area (Å²) in [5.41, 5.74) is 6.79. The number of nitrogens with two attached hydrogens (primary N) is 1. The smallest absolute Gasteiger partial charge is 0.141 e. The molecule has 0 heterocycles. The van der Waals surface area contributed by atoms with Crippen molar-refractivity contribution < 1.29 is 9.13 Å². The molecule has 18 heavy (non-hydrogen) atoms. The molecule has 2 aromatic carbocycles. The zero-order valence-electron chi connectivity index (χ0n) is 9.86. The van der Waals surface area contributed by atoms with Crippen LogP contribution < -0.4 is 10.5 Å². The third-order valence-electron chi connectivity index (χ3n) is 2.52. The van der Waals surface area contributed by atoms with Gasteiger partial charge in [-0.25, -0.2) is 4.39 Å². The van der Waals surface area contributed by atoms with Gasteiger partial charge >= 0.3 is 0 Å². The second-order valence-electron chi connectivity index (χ2n) is 4.00. The summed E-state index contributed by atoms with van der Waals surface area (Å²) >= 11 is 3.27. The second-order valence-corrected chi connectivity index (χ2v) is 4.86. The summed E-state index contributed by atoms with van der Waals surface area (Å²) in [6.07, 6.45) is 0. The Balaban J connectivity index is 2.34. The van der Waals surface area contributed by atoms with Crippen LogP contribution in [0.15, 0.2) is 46.9 Å². The quantitative estimate of drug-likeness (QED) is 0.912. The minimum Gasteiger partial charge on any atom is -0.456 e. The van der Waals surface area contributed by atoms with Crippen molar-refractivity contribution >= 4 is 15.9 Å². The maximum atomic E-state index is 13.0. The topological polar surface area (TPSA) is 35.2 Å². The van der Waals surface area contributed by atoms with Gasteiger partial charge in [0.2, 0.25) is 0 Å². The normalized spacial score (nSPS) is 12.2. The zero-order valence-corrected chi connectivity index (χ0v) is 11.4. The highest BCUT2D eigenvalue weighted by Gasteiger charge is 2.10. The van der Waals surface area contributed by atoms with Gasteiger partial charge < -0.3 is 10.5 Å². The lowest BCUT2D eigenvalue weighted by Gasteiger charge is -2.14. The van der Waals surface area contributed by atoms with Gasteiger partial charge in [-0.3, -0.25) is 0 Å². The number of rotatable bonds is 3. The predicted molar refractivity (Wildman–Crippen MR) is 73.2 cm³/mol. The molecule has 2 aromatic rings. The molecule has 0 saturated heterocycles. The molecule has 0 aliphatic heterocycles. The second kappa shape index (κ2) is 5.50. The number of ether oxygens (including phenoxy) is 1. The summed E-state index contributed by atoms with van der Waals surface area (Å²) in [4.78, 5) is 0. The summed E-state index contributed by atoms with van der Waals surface area (Å²) < 4.78 is 19.3. The zero-order chi connectivity index (χ0) is 13.1. The van der Waals surface area contributed by atoms with Gasteiger partial charge in [-0.15, -0.1) is 0 Å². The van der Waals surface area contributed by atoms with Crippen molar-refractivity contribution in [2.45, 2.75) is 13.0 Å². The van der Waals surface area contributed by atoms with E-state index in [0.717, 1.165) is 5.56 Å². The van der Waals surface area contributed by atoms with Crippen molar-refractivity contribution in [3.8, 4) is 11.5 Å². The van der Waals surface area contributed by atoms with Crippen molar-refractivity contribution in [3.05, 3.63) is 58.3 Å². The van der Waals surface area contributed by atoms with Gasteiger partial charge in [-0.1, -0.05) is 18.2 Å². The van der Waals surface area contributed by atoms with E-state index in [1.54, 1.807) is 6.07 Å². The van der Waals surface area contributed by atoms with Crippen LogP contribution in [0.3, 0.4) is 0 Å². The summed E-state index contributed by atoms with van der Waals surface area (Å²) in [7, 11) is 0. The molecule has 0 bridgehead atoms. The molecule has 2 rings (SSSR count). The SMILES string of the molecule is C[C@H](N)c1ccccc1Oc1ccc(F)cc1Br. The highest BCUT2D eigenvalue weighted by molar-refractivity contribution is 9.10. The monoisotopic (exact) mass is 309 g/mol. The summed E-state index contributed by atoms with van der Waals surface area (Å²) in [5, 5.41) is 0. The minimum absolute atomic E-state index is 0.125. The molecule has 0 fully saturated rings. The van der Waals surface area contributed by atoms with Crippen LogP contribution in [-0.4, -0.2) is 0 Å². The van der Waals surface area contributed by atoms with Crippen molar-refractivity contribution in [1.29, 1.82) is 0 Å². The largest absolute Gasteiger partial charge is 0.456 e. The first-order valence-electron chi connectivity index (χ1n) is 5.55. The molecule has 94 valence electrons. The molecular formula is C14H13BrFNO. The van der Waals surface area contributed by atoms with Gasteiger partial charge in [0.1, 0.15) is 17.3 Å². The molecule has 0 aromatic heterocycles. The fourth-order valence-electron chi connectivity index (χ4n) is 1.63. The Morgan fingerprint density at radius 2 is 1.89 bits per heavy atom. The van der Waals surface area contributed by atoms with E-state index in [1.807, 2.05) is 31.2 Å². The van der Waals surface area contributed by atoms with E-state index in [9.17, 15) is 4.39 Å². The Bertz CT molecular complexity index is 557. The molecule has 0 unspecified atom stereocenters. The molecule has 0 saturated carbocycles. The molecule has 2 nitrogen and oxygen atoms in total. The number of para-hydroxylation sites is 1. The van der Waals surface area contributed by atoms with Gasteiger partial charge in [0, 0.05) is 11.6 Å². The van der Waals surface area contributed by atoms with E-state index < -0.39 is 0 Å². The van der Waals surface area contributed by atoms with E-state index >= 15 is 0 Å². The summed E-state index contributed by atoms with van der Waals surface area (Å²) in [6, 6.07) is 11.7.